The summed E-state index contributed by atoms with van der Waals surface area (Å²) in [4.78, 5) is 0. The lowest BCUT2D eigenvalue weighted by Crippen LogP contribution is -2.16. The van der Waals surface area contributed by atoms with Crippen molar-refractivity contribution in [3.63, 3.8) is 0 Å². The van der Waals surface area contributed by atoms with Gasteiger partial charge in [-0.05, 0) is 26.0 Å². The molecule has 1 unspecified atom stereocenters. The molecule has 1 aromatic rings. The number of rotatable bonds is 9. The van der Waals surface area contributed by atoms with Crippen molar-refractivity contribution in [2.24, 2.45) is 0 Å². The molecule has 1 atom stereocenters. The molecule has 0 heterocycles. The summed E-state index contributed by atoms with van der Waals surface area (Å²) >= 11 is 6.09. The van der Waals surface area contributed by atoms with Crippen molar-refractivity contribution in [3.8, 4) is 11.5 Å². The highest BCUT2D eigenvalue weighted by Gasteiger charge is 2.13. The van der Waals surface area contributed by atoms with E-state index < -0.39 is 0 Å². The number of aliphatic hydroxyl groups is 1. The zero-order valence-electron chi connectivity index (χ0n) is 12.4. The second kappa shape index (κ2) is 9.06. The fourth-order valence-corrected chi connectivity index (χ4v) is 2.03. The molecule has 0 aliphatic rings. The van der Waals surface area contributed by atoms with Gasteiger partial charge in [0.2, 0.25) is 0 Å². The number of halogens is 1. The van der Waals surface area contributed by atoms with Crippen LogP contribution in [0.5, 0.6) is 11.5 Å². The van der Waals surface area contributed by atoms with E-state index >= 15 is 0 Å². The van der Waals surface area contributed by atoms with Gasteiger partial charge in [0.25, 0.3) is 0 Å². The van der Waals surface area contributed by atoms with Gasteiger partial charge in [0, 0.05) is 29.6 Å². The Kier molecular flexibility index (Phi) is 7.73. The maximum absolute atomic E-state index is 9.30. The van der Waals surface area contributed by atoms with E-state index in [4.69, 9.17) is 21.1 Å². The van der Waals surface area contributed by atoms with Crippen molar-refractivity contribution in [1.29, 1.82) is 0 Å². The van der Waals surface area contributed by atoms with Gasteiger partial charge in [0.05, 0.1) is 19.8 Å². The Bertz CT molecular complexity index is 410. The van der Waals surface area contributed by atoms with E-state index in [1.165, 1.54) is 0 Å². The third-order valence-corrected chi connectivity index (χ3v) is 3.06. The molecule has 1 rings (SSSR count). The fraction of sp³-hybridized carbons (Fsp3) is 0.600. The van der Waals surface area contributed by atoms with E-state index in [0.717, 1.165) is 18.5 Å². The first-order valence-corrected chi connectivity index (χ1v) is 7.34. The third-order valence-electron chi connectivity index (χ3n) is 2.84. The van der Waals surface area contributed by atoms with Crippen LogP contribution in [-0.4, -0.2) is 31.5 Å². The Labute approximate surface area is 126 Å². The molecule has 0 saturated heterocycles. The number of nitrogens with one attached hydrogen (secondary N) is 1. The summed E-state index contributed by atoms with van der Waals surface area (Å²) in [7, 11) is 1.59. The van der Waals surface area contributed by atoms with Crippen molar-refractivity contribution >= 4 is 11.6 Å². The summed E-state index contributed by atoms with van der Waals surface area (Å²) in [6.07, 6.45) is 1.26. The monoisotopic (exact) mass is 301 g/mol. The lowest BCUT2D eigenvalue weighted by Gasteiger charge is -2.16. The van der Waals surface area contributed by atoms with Crippen LogP contribution in [0.3, 0.4) is 0 Å². The minimum atomic E-state index is -0.380. The Hall–Kier alpha value is -0.970. The molecule has 2 N–H and O–H groups in total. The lowest BCUT2D eigenvalue weighted by atomic mass is 10.1. The topological polar surface area (TPSA) is 50.7 Å². The lowest BCUT2D eigenvalue weighted by molar-refractivity contribution is 0.153. The summed E-state index contributed by atoms with van der Waals surface area (Å²) in [6, 6.07) is 3.62. The van der Waals surface area contributed by atoms with Crippen molar-refractivity contribution in [2.45, 2.75) is 39.3 Å². The first-order chi connectivity index (χ1) is 9.58. The maximum Gasteiger partial charge on any atom is 0.165 e. The van der Waals surface area contributed by atoms with Gasteiger partial charge in [-0.15, -0.1) is 0 Å². The van der Waals surface area contributed by atoms with Gasteiger partial charge in [-0.25, -0.2) is 0 Å². The molecule has 0 aliphatic heterocycles. The van der Waals surface area contributed by atoms with Gasteiger partial charge in [0.15, 0.2) is 11.5 Å². The Morgan fingerprint density at radius 1 is 1.40 bits per heavy atom. The van der Waals surface area contributed by atoms with Crippen LogP contribution in [-0.2, 0) is 6.54 Å². The molecule has 1 aromatic carbocycles. The molecular weight excluding hydrogens is 278 g/mol. The molecular formula is C15H24ClNO3. The zero-order valence-corrected chi connectivity index (χ0v) is 13.2. The van der Waals surface area contributed by atoms with Crippen LogP contribution in [0, 0.1) is 0 Å². The van der Waals surface area contributed by atoms with Gasteiger partial charge >= 0.3 is 0 Å². The largest absolute Gasteiger partial charge is 0.493 e. The van der Waals surface area contributed by atoms with Crippen molar-refractivity contribution < 1.29 is 14.6 Å². The highest BCUT2D eigenvalue weighted by molar-refractivity contribution is 6.30. The predicted octanol–water partition coefficient (Wildman–Crippen LogP) is 3.00. The van der Waals surface area contributed by atoms with Crippen molar-refractivity contribution in [2.75, 3.05) is 20.3 Å². The fourth-order valence-electron chi connectivity index (χ4n) is 1.80. The molecule has 0 radical (unpaired) electrons. The van der Waals surface area contributed by atoms with E-state index in [0.29, 0.717) is 36.1 Å². The number of hydrogen-bond acceptors (Lipinski definition) is 4. The SMILES string of the molecule is CCCNCc1cc(Cl)cc(OC)c1OCCC(C)O. The zero-order chi connectivity index (χ0) is 15.0. The van der Waals surface area contributed by atoms with Crippen molar-refractivity contribution in [1.82, 2.24) is 5.32 Å². The molecule has 20 heavy (non-hydrogen) atoms. The van der Waals surface area contributed by atoms with Gasteiger partial charge in [-0.3, -0.25) is 0 Å². The second-order valence-electron chi connectivity index (χ2n) is 4.76. The van der Waals surface area contributed by atoms with Crippen LogP contribution in [0.1, 0.15) is 32.3 Å². The molecule has 0 amide bonds. The first kappa shape index (κ1) is 17.1. The summed E-state index contributed by atoms with van der Waals surface area (Å²) in [5, 5.41) is 13.2. The molecule has 5 heteroatoms. The van der Waals surface area contributed by atoms with E-state index in [9.17, 15) is 5.11 Å². The highest BCUT2D eigenvalue weighted by Crippen LogP contribution is 2.34. The first-order valence-electron chi connectivity index (χ1n) is 6.96. The van der Waals surface area contributed by atoms with Crippen molar-refractivity contribution in [3.05, 3.63) is 22.7 Å². The number of methoxy groups -OCH3 is 1. The molecule has 0 saturated carbocycles. The third kappa shape index (κ3) is 5.57. The summed E-state index contributed by atoms with van der Waals surface area (Å²) < 4.78 is 11.1. The average Bonchev–Trinajstić information content (AvgIpc) is 2.40. The normalized spacial score (nSPS) is 12.2. The standard InChI is InChI=1S/C15H24ClNO3/c1-4-6-17-10-12-8-13(16)9-14(19-3)15(12)20-7-5-11(2)18/h8-9,11,17-18H,4-7,10H2,1-3H3. The minimum absolute atomic E-state index is 0.380. The quantitative estimate of drug-likeness (QED) is 0.689. The summed E-state index contributed by atoms with van der Waals surface area (Å²) in [5.74, 6) is 1.32. The maximum atomic E-state index is 9.30. The van der Waals surface area contributed by atoms with Gasteiger partial charge < -0.3 is 19.9 Å². The van der Waals surface area contributed by atoms with Gasteiger partial charge in [-0.2, -0.15) is 0 Å². The smallest absolute Gasteiger partial charge is 0.165 e. The van der Waals surface area contributed by atoms with E-state index in [-0.39, 0.29) is 6.10 Å². The van der Waals surface area contributed by atoms with Crippen LogP contribution < -0.4 is 14.8 Å². The van der Waals surface area contributed by atoms with Crippen LogP contribution in [0.2, 0.25) is 5.02 Å². The number of hydrogen-bond donors (Lipinski definition) is 2. The summed E-state index contributed by atoms with van der Waals surface area (Å²) in [5.41, 5.74) is 0.966. The second-order valence-corrected chi connectivity index (χ2v) is 5.20. The Morgan fingerprint density at radius 3 is 2.75 bits per heavy atom. The number of ether oxygens (including phenoxy) is 2. The van der Waals surface area contributed by atoms with Gasteiger partial charge in [-0.1, -0.05) is 18.5 Å². The van der Waals surface area contributed by atoms with Gasteiger partial charge in [0.1, 0.15) is 0 Å². The van der Waals surface area contributed by atoms with E-state index in [2.05, 4.69) is 12.2 Å². The Morgan fingerprint density at radius 2 is 2.15 bits per heavy atom. The molecule has 0 fully saturated rings. The van der Waals surface area contributed by atoms with Crippen LogP contribution in [0.4, 0.5) is 0 Å². The number of benzene rings is 1. The van der Waals surface area contributed by atoms with Crippen LogP contribution >= 0.6 is 11.6 Å². The molecule has 0 aliphatic carbocycles. The molecule has 0 aromatic heterocycles. The van der Waals surface area contributed by atoms with Crippen LogP contribution in [0.15, 0.2) is 12.1 Å². The highest BCUT2D eigenvalue weighted by atomic mass is 35.5. The molecule has 0 spiro atoms. The van der Waals surface area contributed by atoms with Crippen LogP contribution in [0.25, 0.3) is 0 Å². The molecule has 114 valence electrons. The average molecular weight is 302 g/mol. The van der Waals surface area contributed by atoms with E-state index in [1.54, 1.807) is 20.1 Å². The summed E-state index contributed by atoms with van der Waals surface area (Å²) in [6.45, 7) is 5.91. The molecule has 0 bridgehead atoms. The number of aliphatic hydroxyl groups excluding tert-OH is 1. The predicted molar refractivity (Wildman–Crippen MR) is 81.8 cm³/mol. The Balaban J connectivity index is 2.84. The minimum Gasteiger partial charge on any atom is -0.493 e. The molecule has 4 nitrogen and oxygen atoms in total. The van der Waals surface area contributed by atoms with E-state index in [1.807, 2.05) is 6.07 Å².